The third-order valence-electron chi connectivity index (χ3n) is 2.74. The van der Waals surface area contributed by atoms with E-state index in [1.165, 1.54) is 12.1 Å². The van der Waals surface area contributed by atoms with Gasteiger partial charge in [-0.05, 0) is 26.0 Å². The van der Waals surface area contributed by atoms with E-state index in [0.29, 0.717) is 6.54 Å². The lowest BCUT2D eigenvalue weighted by Gasteiger charge is -2.26. The first-order valence-electron chi connectivity index (χ1n) is 6.38. The zero-order valence-corrected chi connectivity index (χ0v) is 13.2. The first-order chi connectivity index (χ1) is 9.50. The molecular formula is C13H19ClNO4P. The molecule has 0 heterocycles. The minimum atomic E-state index is -4.48. The zero-order chi connectivity index (χ0) is 15.0. The molecule has 20 heavy (non-hydrogen) atoms. The highest BCUT2D eigenvalue weighted by molar-refractivity contribution is 7.46. The Morgan fingerprint density at radius 2 is 1.95 bits per heavy atom. The number of para-hydroxylation sites is 1. The molecule has 1 aromatic rings. The van der Waals surface area contributed by atoms with Crippen LogP contribution in [0.5, 0.6) is 5.75 Å². The van der Waals surface area contributed by atoms with Crippen LogP contribution in [0, 0.1) is 0 Å². The van der Waals surface area contributed by atoms with Crippen LogP contribution in [0.25, 0.3) is 0 Å². The van der Waals surface area contributed by atoms with Crippen LogP contribution < -0.4 is 14.3 Å². The van der Waals surface area contributed by atoms with Crippen LogP contribution in [0.1, 0.15) is 13.8 Å². The topological polar surface area (TPSA) is 63.0 Å². The third kappa shape index (κ3) is 5.97. The van der Waals surface area contributed by atoms with E-state index in [1.807, 2.05) is 13.8 Å². The molecule has 0 spiro atoms. The first kappa shape index (κ1) is 17.1. The molecule has 0 aliphatic carbocycles. The van der Waals surface area contributed by atoms with Gasteiger partial charge in [0.1, 0.15) is 12.3 Å². The maximum absolute atomic E-state index is 11.8. The van der Waals surface area contributed by atoms with Crippen LogP contribution in [0.3, 0.4) is 0 Å². The van der Waals surface area contributed by atoms with Gasteiger partial charge in [0.2, 0.25) is 0 Å². The lowest BCUT2D eigenvalue weighted by Crippen LogP contribution is -3.11. The van der Waals surface area contributed by atoms with Gasteiger partial charge in [-0.15, -0.1) is 0 Å². The van der Waals surface area contributed by atoms with Gasteiger partial charge in [0.05, 0.1) is 13.1 Å². The third-order valence-corrected chi connectivity index (χ3v) is 3.87. The van der Waals surface area contributed by atoms with Gasteiger partial charge < -0.3 is 18.8 Å². The zero-order valence-electron chi connectivity index (χ0n) is 11.5. The molecule has 0 aromatic heterocycles. The van der Waals surface area contributed by atoms with Crippen molar-refractivity contribution in [2.24, 2.45) is 0 Å². The molecule has 0 aliphatic rings. The van der Waals surface area contributed by atoms with Crippen LogP contribution in [0.2, 0.25) is 0 Å². The first-order valence-corrected chi connectivity index (χ1v) is 8.28. The van der Waals surface area contributed by atoms with Crippen molar-refractivity contribution in [1.29, 1.82) is 0 Å². The Balaban J connectivity index is 2.66. The summed E-state index contributed by atoms with van der Waals surface area (Å²) in [5.74, 6) is 0.370. The van der Waals surface area contributed by atoms with Crippen molar-refractivity contribution in [1.82, 2.24) is 0 Å². The summed E-state index contributed by atoms with van der Waals surface area (Å²) in [6, 6.07) is 8.18. The molecule has 1 N–H and O–H groups in total. The van der Waals surface area contributed by atoms with E-state index in [-0.39, 0.29) is 11.5 Å². The number of benzene rings is 1. The minimum Gasteiger partial charge on any atom is -0.736 e. The van der Waals surface area contributed by atoms with Crippen molar-refractivity contribution in [3.05, 3.63) is 41.6 Å². The quantitative estimate of drug-likeness (QED) is 0.583. The fourth-order valence-electron chi connectivity index (χ4n) is 1.61. The highest BCUT2D eigenvalue weighted by atomic mass is 35.5. The number of hydrogen-bond acceptors (Lipinski definition) is 4. The Morgan fingerprint density at radius 3 is 2.45 bits per heavy atom. The maximum Gasteiger partial charge on any atom is 0.372 e. The van der Waals surface area contributed by atoms with Crippen molar-refractivity contribution >= 4 is 19.4 Å². The highest BCUT2D eigenvalue weighted by Crippen LogP contribution is 2.41. The molecule has 0 aliphatic heterocycles. The Kier molecular flexibility index (Phi) is 7.10. The van der Waals surface area contributed by atoms with Crippen molar-refractivity contribution < 1.29 is 23.4 Å². The van der Waals surface area contributed by atoms with Gasteiger partial charge in [0, 0.05) is 5.54 Å². The summed E-state index contributed by atoms with van der Waals surface area (Å²) in [4.78, 5) is 13.0. The lowest BCUT2D eigenvalue weighted by atomic mass is 10.3. The molecular weight excluding hydrogens is 301 g/mol. The van der Waals surface area contributed by atoms with E-state index in [1.54, 1.807) is 18.2 Å². The molecule has 7 heteroatoms. The second kappa shape index (κ2) is 8.32. The van der Waals surface area contributed by atoms with Crippen molar-refractivity contribution in [2.45, 2.75) is 13.8 Å². The fraction of sp³-hybridized carbons (Fsp3) is 0.385. The molecule has 5 nitrogen and oxygen atoms in total. The number of nitrogens with one attached hydrogen (secondary N) is 1. The molecule has 1 aromatic carbocycles. The highest BCUT2D eigenvalue weighted by Gasteiger charge is 2.17. The molecule has 0 bridgehead atoms. The monoisotopic (exact) mass is 319 g/mol. The van der Waals surface area contributed by atoms with Crippen LogP contribution in [0.15, 0.2) is 41.6 Å². The number of rotatable bonds is 8. The summed E-state index contributed by atoms with van der Waals surface area (Å²) >= 11 is 5.62. The molecule has 0 radical (unpaired) electrons. The summed E-state index contributed by atoms with van der Waals surface area (Å²) in [6.07, 6.45) is 0. The van der Waals surface area contributed by atoms with Crippen molar-refractivity contribution in [2.75, 3.05) is 19.6 Å². The van der Waals surface area contributed by atoms with Crippen LogP contribution in [-0.2, 0) is 9.09 Å². The Morgan fingerprint density at radius 1 is 1.35 bits per heavy atom. The van der Waals surface area contributed by atoms with E-state index in [9.17, 15) is 9.46 Å². The van der Waals surface area contributed by atoms with Crippen LogP contribution >= 0.6 is 19.4 Å². The molecule has 1 rings (SSSR count). The number of phosphoric acid groups is 1. The predicted molar refractivity (Wildman–Crippen MR) is 76.6 cm³/mol. The van der Waals surface area contributed by atoms with Gasteiger partial charge in [-0.25, -0.2) is 4.57 Å². The Bertz CT molecular complexity index is 477. The summed E-state index contributed by atoms with van der Waals surface area (Å²) in [7, 11) is -4.48. The lowest BCUT2D eigenvalue weighted by molar-refractivity contribution is -0.892. The molecule has 1 atom stereocenters. The standard InChI is InChI=1S/C13H19ClNO4P/c1-3-15(4-2)11-13(10-14)19-20(16,17)18-12-8-6-5-7-9-12/h5-10H,3-4,11H2,1-2H3,(H,16,17)/b13-10+. The number of phosphoric ester groups is 1. The van der Waals surface area contributed by atoms with E-state index in [2.05, 4.69) is 0 Å². The second-order valence-corrected chi connectivity index (χ2v) is 5.63. The van der Waals surface area contributed by atoms with Gasteiger partial charge >= 0.3 is 7.82 Å². The van der Waals surface area contributed by atoms with Crippen molar-refractivity contribution in [3.63, 3.8) is 0 Å². The molecule has 0 fully saturated rings. The molecule has 0 amide bonds. The van der Waals surface area contributed by atoms with E-state index < -0.39 is 7.82 Å². The molecule has 0 saturated heterocycles. The normalized spacial score (nSPS) is 14.9. The summed E-state index contributed by atoms with van der Waals surface area (Å²) in [5, 5.41) is 0. The number of hydrogen-bond donors (Lipinski definition) is 1. The maximum atomic E-state index is 11.8. The average molecular weight is 320 g/mol. The van der Waals surface area contributed by atoms with Crippen LogP contribution in [-0.4, -0.2) is 19.6 Å². The van der Waals surface area contributed by atoms with E-state index in [0.717, 1.165) is 23.5 Å². The van der Waals surface area contributed by atoms with E-state index >= 15 is 0 Å². The smallest absolute Gasteiger partial charge is 0.372 e. The molecule has 1 unspecified atom stereocenters. The predicted octanol–water partition coefficient (Wildman–Crippen LogP) is 1.56. The number of likely N-dealkylation sites (N-methyl/N-ethyl adjacent to an activating group) is 1. The minimum absolute atomic E-state index is 0.166. The Hall–Kier alpha value is -1.00. The average Bonchev–Trinajstić information content (AvgIpc) is 2.43. The number of halogens is 1. The van der Waals surface area contributed by atoms with Crippen molar-refractivity contribution in [3.8, 4) is 5.75 Å². The summed E-state index contributed by atoms with van der Waals surface area (Å²) in [6.45, 7) is 6.08. The van der Waals surface area contributed by atoms with Gasteiger partial charge in [0.15, 0.2) is 5.76 Å². The SMILES string of the molecule is CC[NH+](CC)C/C(=C\Cl)OP(=O)([O-])Oc1ccccc1. The Labute approximate surface area is 124 Å². The fourth-order valence-corrected chi connectivity index (χ4v) is 2.62. The van der Waals surface area contributed by atoms with Gasteiger partial charge in [-0.3, -0.25) is 0 Å². The van der Waals surface area contributed by atoms with Gasteiger partial charge in [-0.1, -0.05) is 29.8 Å². The second-order valence-electron chi connectivity index (χ2n) is 4.15. The summed E-state index contributed by atoms with van der Waals surface area (Å²) < 4.78 is 21.6. The van der Waals surface area contributed by atoms with Gasteiger partial charge in [-0.2, -0.15) is 0 Å². The molecule has 0 saturated carbocycles. The number of quaternary nitrogens is 1. The molecule has 112 valence electrons. The van der Waals surface area contributed by atoms with E-state index in [4.69, 9.17) is 20.6 Å². The van der Waals surface area contributed by atoms with Gasteiger partial charge in [0.25, 0.3) is 0 Å². The largest absolute Gasteiger partial charge is 0.736 e. The summed E-state index contributed by atoms with van der Waals surface area (Å²) in [5.41, 5.74) is 1.13. The van der Waals surface area contributed by atoms with Crippen LogP contribution in [0.4, 0.5) is 0 Å².